The summed E-state index contributed by atoms with van der Waals surface area (Å²) in [5, 5.41) is 0. The lowest BCUT2D eigenvalue weighted by Crippen LogP contribution is -2.45. The van der Waals surface area contributed by atoms with Gasteiger partial charge >= 0.3 is 0 Å². The molecule has 0 bridgehead atoms. The molecule has 0 radical (unpaired) electrons. The average Bonchev–Trinajstić information content (AvgIpc) is 2.80. The van der Waals surface area contributed by atoms with Crippen molar-refractivity contribution in [3.8, 4) is 0 Å². The average molecular weight is 251 g/mol. The van der Waals surface area contributed by atoms with E-state index >= 15 is 0 Å². The Kier molecular flexibility index (Phi) is 2.99. The van der Waals surface area contributed by atoms with E-state index in [-0.39, 0.29) is 5.82 Å². The van der Waals surface area contributed by atoms with Gasteiger partial charge in [0.2, 0.25) is 0 Å². The normalized spacial score (nSPS) is 22.7. The summed E-state index contributed by atoms with van der Waals surface area (Å²) >= 11 is 0. The van der Waals surface area contributed by atoms with E-state index in [2.05, 4.69) is 4.90 Å². The number of hydrogen-bond donors (Lipinski definition) is 0. The Hall–Kier alpha value is -1.13. The van der Waals surface area contributed by atoms with Crippen LogP contribution in [-0.2, 0) is 9.47 Å². The number of anilines is 1. The van der Waals surface area contributed by atoms with Crippen LogP contribution in [0.25, 0.3) is 0 Å². The first-order chi connectivity index (χ1) is 8.69. The van der Waals surface area contributed by atoms with Gasteiger partial charge in [0.15, 0.2) is 5.79 Å². The van der Waals surface area contributed by atoms with Crippen LogP contribution in [0.15, 0.2) is 18.2 Å². The number of ether oxygens (including phenoxy) is 2. The summed E-state index contributed by atoms with van der Waals surface area (Å²) < 4.78 is 25.2. The van der Waals surface area contributed by atoms with Crippen molar-refractivity contribution in [1.29, 1.82) is 0 Å². The second-order valence-corrected chi connectivity index (χ2v) is 5.05. The van der Waals surface area contributed by atoms with Crippen molar-refractivity contribution < 1.29 is 13.9 Å². The third-order valence-corrected chi connectivity index (χ3v) is 3.78. The fourth-order valence-corrected chi connectivity index (χ4v) is 2.74. The van der Waals surface area contributed by atoms with Crippen LogP contribution in [0.5, 0.6) is 0 Å². The zero-order chi connectivity index (χ0) is 12.6. The van der Waals surface area contributed by atoms with E-state index in [0.29, 0.717) is 18.9 Å². The highest BCUT2D eigenvalue weighted by atomic mass is 19.1. The van der Waals surface area contributed by atoms with E-state index in [0.717, 1.165) is 31.5 Å². The molecule has 2 saturated heterocycles. The molecule has 2 aliphatic rings. The minimum Gasteiger partial charge on any atom is -0.369 e. The van der Waals surface area contributed by atoms with Gasteiger partial charge in [0.05, 0.1) is 18.9 Å². The third kappa shape index (κ3) is 2.10. The van der Waals surface area contributed by atoms with Crippen LogP contribution in [0.1, 0.15) is 18.4 Å². The predicted octanol–water partition coefficient (Wildman–Crippen LogP) is 2.48. The SMILES string of the molecule is Cc1ccc(N2CCC3(CC2)OCCO3)c(F)c1. The highest BCUT2D eigenvalue weighted by molar-refractivity contribution is 5.49. The van der Waals surface area contributed by atoms with Crippen LogP contribution in [0.2, 0.25) is 0 Å². The first kappa shape index (κ1) is 11.9. The summed E-state index contributed by atoms with van der Waals surface area (Å²) in [6.07, 6.45) is 1.61. The fourth-order valence-electron chi connectivity index (χ4n) is 2.74. The lowest BCUT2D eigenvalue weighted by molar-refractivity contribution is -0.169. The molecule has 2 fully saturated rings. The van der Waals surface area contributed by atoms with Gasteiger partial charge in [-0.1, -0.05) is 6.07 Å². The van der Waals surface area contributed by atoms with Crippen LogP contribution >= 0.6 is 0 Å². The summed E-state index contributed by atoms with van der Waals surface area (Å²) in [4.78, 5) is 2.07. The van der Waals surface area contributed by atoms with Crippen LogP contribution in [-0.4, -0.2) is 32.1 Å². The van der Waals surface area contributed by atoms with Gasteiger partial charge in [0, 0.05) is 25.9 Å². The van der Waals surface area contributed by atoms with E-state index in [4.69, 9.17) is 9.47 Å². The van der Waals surface area contributed by atoms with Crippen LogP contribution in [0.3, 0.4) is 0 Å². The quantitative estimate of drug-likeness (QED) is 0.765. The van der Waals surface area contributed by atoms with Crippen molar-refractivity contribution in [3.05, 3.63) is 29.6 Å². The molecule has 18 heavy (non-hydrogen) atoms. The summed E-state index contributed by atoms with van der Waals surface area (Å²) in [6.45, 7) is 4.82. The molecule has 0 amide bonds. The highest BCUT2D eigenvalue weighted by Crippen LogP contribution is 2.33. The molecule has 2 heterocycles. The lowest BCUT2D eigenvalue weighted by Gasteiger charge is -2.38. The number of piperidine rings is 1. The molecule has 0 unspecified atom stereocenters. The van der Waals surface area contributed by atoms with E-state index in [1.165, 1.54) is 0 Å². The molecule has 0 aliphatic carbocycles. The first-order valence-corrected chi connectivity index (χ1v) is 6.48. The fraction of sp³-hybridized carbons (Fsp3) is 0.571. The van der Waals surface area contributed by atoms with Crippen molar-refractivity contribution in [2.75, 3.05) is 31.2 Å². The largest absolute Gasteiger partial charge is 0.369 e. The minimum absolute atomic E-state index is 0.140. The molecule has 4 heteroatoms. The summed E-state index contributed by atoms with van der Waals surface area (Å²) in [5.41, 5.74) is 1.64. The molecule has 0 saturated carbocycles. The zero-order valence-electron chi connectivity index (χ0n) is 10.6. The monoisotopic (exact) mass is 251 g/mol. The third-order valence-electron chi connectivity index (χ3n) is 3.78. The van der Waals surface area contributed by atoms with Gasteiger partial charge in [-0.05, 0) is 24.6 Å². The summed E-state index contributed by atoms with van der Waals surface area (Å²) in [6, 6.07) is 5.40. The van der Waals surface area contributed by atoms with Gasteiger partial charge in [-0.25, -0.2) is 4.39 Å². The molecule has 1 aromatic rings. The highest BCUT2D eigenvalue weighted by Gasteiger charge is 2.40. The Morgan fingerprint density at radius 3 is 2.44 bits per heavy atom. The Labute approximate surface area is 106 Å². The lowest BCUT2D eigenvalue weighted by atomic mass is 10.0. The smallest absolute Gasteiger partial charge is 0.171 e. The van der Waals surface area contributed by atoms with E-state index in [1.54, 1.807) is 6.07 Å². The standard InChI is InChI=1S/C14H18FNO2/c1-11-2-3-13(12(15)10-11)16-6-4-14(5-7-16)17-8-9-18-14/h2-3,10H,4-9H2,1H3. The maximum Gasteiger partial charge on any atom is 0.171 e. The number of hydrogen-bond acceptors (Lipinski definition) is 3. The molecule has 2 aliphatic heterocycles. The van der Waals surface area contributed by atoms with E-state index in [1.807, 2.05) is 19.1 Å². The van der Waals surface area contributed by atoms with Crippen LogP contribution in [0, 0.1) is 12.7 Å². The van der Waals surface area contributed by atoms with Crippen molar-refractivity contribution in [2.45, 2.75) is 25.6 Å². The molecule has 0 N–H and O–H groups in total. The predicted molar refractivity (Wildman–Crippen MR) is 67.2 cm³/mol. The second-order valence-electron chi connectivity index (χ2n) is 5.05. The van der Waals surface area contributed by atoms with E-state index < -0.39 is 5.79 Å². The van der Waals surface area contributed by atoms with Crippen molar-refractivity contribution >= 4 is 5.69 Å². The summed E-state index contributed by atoms with van der Waals surface area (Å²) in [7, 11) is 0. The van der Waals surface area contributed by atoms with Crippen molar-refractivity contribution in [1.82, 2.24) is 0 Å². The van der Waals surface area contributed by atoms with Crippen molar-refractivity contribution in [2.24, 2.45) is 0 Å². The number of aryl methyl sites for hydroxylation is 1. The number of benzene rings is 1. The maximum absolute atomic E-state index is 13.9. The van der Waals surface area contributed by atoms with Crippen molar-refractivity contribution in [3.63, 3.8) is 0 Å². The van der Waals surface area contributed by atoms with E-state index in [9.17, 15) is 4.39 Å². The molecule has 1 spiro atoms. The van der Waals surface area contributed by atoms with Gasteiger partial charge in [0.25, 0.3) is 0 Å². The van der Waals surface area contributed by atoms with Gasteiger partial charge in [0.1, 0.15) is 5.82 Å². The zero-order valence-corrected chi connectivity index (χ0v) is 10.6. The molecule has 0 aromatic heterocycles. The number of nitrogens with zero attached hydrogens (tertiary/aromatic N) is 1. The number of halogens is 1. The molecule has 3 nitrogen and oxygen atoms in total. The minimum atomic E-state index is -0.391. The van der Waals surface area contributed by atoms with Crippen LogP contribution < -0.4 is 4.90 Å². The molecular weight excluding hydrogens is 233 g/mol. The molecule has 98 valence electrons. The Morgan fingerprint density at radius 2 is 1.83 bits per heavy atom. The molecule has 1 aromatic carbocycles. The number of rotatable bonds is 1. The maximum atomic E-state index is 13.9. The topological polar surface area (TPSA) is 21.7 Å². The Bertz CT molecular complexity index is 433. The Morgan fingerprint density at radius 1 is 1.17 bits per heavy atom. The second kappa shape index (κ2) is 4.52. The van der Waals surface area contributed by atoms with Gasteiger partial charge in [-0.15, -0.1) is 0 Å². The van der Waals surface area contributed by atoms with Gasteiger partial charge in [-0.3, -0.25) is 0 Å². The first-order valence-electron chi connectivity index (χ1n) is 6.48. The molecule has 3 rings (SSSR count). The Balaban J connectivity index is 1.72. The van der Waals surface area contributed by atoms with Gasteiger partial charge in [-0.2, -0.15) is 0 Å². The van der Waals surface area contributed by atoms with Gasteiger partial charge < -0.3 is 14.4 Å². The summed E-state index contributed by atoms with van der Waals surface area (Å²) in [5.74, 6) is -0.531. The molecular formula is C14H18FNO2. The molecule has 0 atom stereocenters. The van der Waals surface area contributed by atoms with Crippen LogP contribution in [0.4, 0.5) is 10.1 Å².